The first-order valence-corrected chi connectivity index (χ1v) is 20.6. The number of carbonyl (C=O) groups is 4. The summed E-state index contributed by atoms with van der Waals surface area (Å²) in [6.45, 7) is 5.66. The number of rotatable bonds is 10. The fourth-order valence-electron chi connectivity index (χ4n) is 8.85. The highest BCUT2D eigenvalue weighted by atomic mass is 19.1. The second-order valence-electron chi connectivity index (χ2n) is 16.1. The zero-order chi connectivity index (χ0) is 42.9. The van der Waals surface area contributed by atoms with Gasteiger partial charge in [0.1, 0.15) is 40.7 Å². The number of benzene rings is 2. The predicted molar refractivity (Wildman–Crippen MR) is 220 cm³/mol. The molecule has 0 bridgehead atoms. The number of nitrogens with zero attached hydrogens (tertiary/aromatic N) is 4. The van der Waals surface area contributed by atoms with Gasteiger partial charge >= 0.3 is 12.2 Å². The van der Waals surface area contributed by atoms with Crippen LogP contribution in [-0.2, 0) is 23.8 Å². The Bertz CT molecular complexity index is 2530. The topological polar surface area (TPSA) is 214 Å². The molecule has 17 nitrogen and oxygen atoms in total. The summed E-state index contributed by atoms with van der Waals surface area (Å²) in [4.78, 5) is 84.9. The molecule has 3 aliphatic heterocycles. The lowest BCUT2D eigenvalue weighted by Gasteiger charge is -2.34. The molecule has 322 valence electrons. The van der Waals surface area contributed by atoms with Crippen LogP contribution >= 0.6 is 0 Å². The molecule has 4 amide bonds. The number of aromatic amines is 2. The normalized spacial score (nSPS) is 19.4. The van der Waals surface area contributed by atoms with Crippen molar-refractivity contribution < 1.29 is 42.2 Å². The minimum atomic E-state index is -0.800. The molecule has 2 aromatic carbocycles. The van der Waals surface area contributed by atoms with Crippen molar-refractivity contribution in [3.8, 4) is 22.5 Å². The number of imidazole rings is 2. The molecule has 8 rings (SSSR count). The van der Waals surface area contributed by atoms with Gasteiger partial charge in [-0.15, -0.1) is 0 Å². The van der Waals surface area contributed by atoms with Crippen molar-refractivity contribution in [3.63, 3.8) is 0 Å². The molecule has 61 heavy (non-hydrogen) atoms. The number of aromatic nitrogens is 4. The van der Waals surface area contributed by atoms with Crippen molar-refractivity contribution in [3.05, 3.63) is 70.4 Å². The van der Waals surface area contributed by atoms with Gasteiger partial charge in [0.2, 0.25) is 17.2 Å². The number of hydrogen-bond donors (Lipinski definition) is 4. The van der Waals surface area contributed by atoms with Crippen LogP contribution < -0.4 is 16.1 Å². The van der Waals surface area contributed by atoms with Crippen molar-refractivity contribution in [1.29, 1.82) is 0 Å². The Morgan fingerprint density at radius 2 is 1.41 bits per heavy atom. The predicted octanol–water partition coefficient (Wildman–Crippen LogP) is 5.72. The van der Waals surface area contributed by atoms with E-state index in [1.807, 2.05) is 13.8 Å². The van der Waals surface area contributed by atoms with Gasteiger partial charge in [0.05, 0.1) is 60.9 Å². The quantitative estimate of drug-likeness (QED) is 0.125. The second-order valence-corrected chi connectivity index (χ2v) is 16.1. The van der Waals surface area contributed by atoms with Gasteiger partial charge in [-0.05, 0) is 80.7 Å². The molecule has 0 saturated carbocycles. The Labute approximate surface area is 349 Å². The first-order chi connectivity index (χ1) is 29.4. The number of alkyl carbamates (subject to hydrolysis) is 2. The molecule has 0 unspecified atom stereocenters. The monoisotopic (exact) mass is 840 g/mol. The van der Waals surface area contributed by atoms with Gasteiger partial charge in [-0.25, -0.2) is 23.9 Å². The number of nitrogens with one attached hydrogen (secondary N) is 4. The number of methoxy groups -OCH3 is 2. The Kier molecular flexibility index (Phi) is 11.8. The number of fused-ring (bicyclic) bond motifs is 2. The maximum absolute atomic E-state index is 15.9. The van der Waals surface area contributed by atoms with Gasteiger partial charge in [0, 0.05) is 37.4 Å². The highest BCUT2D eigenvalue weighted by Gasteiger charge is 2.41. The smallest absolute Gasteiger partial charge is 0.407 e. The lowest BCUT2D eigenvalue weighted by Crippen LogP contribution is -2.53. The highest BCUT2D eigenvalue weighted by Crippen LogP contribution is 2.36. The molecule has 3 aliphatic rings. The van der Waals surface area contributed by atoms with E-state index in [0.29, 0.717) is 86.2 Å². The summed E-state index contributed by atoms with van der Waals surface area (Å²) in [7, 11) is 2.51. The molecule has 0 spiro atoms. The molecule has 18 heteroatoms. The van der Waals surface area contributed by atoms with Crippen LogP contribution in [0.2, 0.25) is 0 Å². The molecule has 0 radical (unpaired) electrons. The maximum Gasteiger partial charge on any atom is 0.407 e. The van der Waals surface area contributed by atoms with Gasteiger partial charge in [0.25, 0.3) is 0 Å². The molecule has 4 N–H and O–H groups in total. The van der Waals surface area contributed by atoms with Crippen molar-refractivity contribution in [2.75, 3.05) is 40.5 Å². The van der Waals surface area contributed by atoms with Crippen LogP contribution in [-0.4, -0.2) is 106 Å². The van der Waals surface area contributed by atoms with Gasteiger partial charge in [0.15, 0.2) is 0 Å². The minimum Gasteiger partial charge on any atom is -0.456 e. The Morgan fingerprint density at radius 3 is 2.07 bits per heavy atom. The summed E-state index contributed by atoms with van der Waals surface area (Å²) in [5, 5.41) is 5.70. The highest BCUT2D eigenvalue weighted by molar-refractivity contribution is 5.93. The van der Waals surface area contributed by atoms with Crippen LogP contribution in [0, 0.1) is 17.7 Å². The van der Waals surface area contributed by atoms with Crippen LogP contribution in [0.25, 0.3) is 44.5 Å². The summed E-state index contributed by atoms with van der Waals surface area (Å²) >= 11 is 0. The summed E-state index contributed by atoms with van der Waals surface area (Å²) in [6.07, 6.45) is 5.81. The van der Waals surface area contributed by atoms with Gasteiger partial charge in [-0.2, -0.15) is 0 Å². The first-order valence-electron chi connectivity index (χ1n) is 20.6. The van der Waals surface area contributed by atoms with E-state index in [4.69, 9.17) is 18.6 Å². The lowest BCUT2D eigenvalue weighted by molar-refractivity contribution is -0.137. The molecule has 3 aromatic heterocycles. The zero-order valence-electron chi connectivity index (χ0n) is 34.4. The number of ether oxygens (including phenoxy) is 3. The fourth-order valence-corrected chi connectivity index (χ4v) is 8.85. The molecule has 6 heterocycles. The summed E-state index contributed by atoms with van der Waals surface area (Å²) in [5.74, 6) is -0.374. The average molecular weight is 841 g/mol. The van der Waals surface area contributed by atoms with E-state index in [9.17, 15) is 24.0 Å². The number of H-pyrrole nitrogens is 2. The molecular weight excluding hydrogens is 792 g/mol. The third-order valence-electron chi connectivity index (χ3n) is 12.1. The third-order valence-corrected chi connectivity index (χ3v) is 12.1. The number of carbonyl (C=O) groups excluding carboxylic acids is 4. The van der Waals surface area contributed by atoms with Crippen molar-refractivity contribution in [2.24, 2.45) is 11.8 Å². The van der Waals surface area contributed by atoms with Crippen LogP contribution in [0.5, 0.6) is 0 Å². The van der Waals surface area contributed by atoms with E-state index in [1.165, 1.54) is 26.5 Å². The molecule has 3 fully saturated rings. The van der Waals surface area contributed by atoms with Crippen LogP contribution in [0.3, 0.4) is 0 Å². The van der Waals surface area contributed by atoms with Crippen LogP contribution in [0.4, 0.5) is 14.0 Å². The van der Waals surface area contributed by atoms with Gasteiger partial charge in [-0.1, -0.05) is 13.8 Å². The largest absolute Gasteiger partial charge is 0.456 e. The second kappa shape index (κ2) is 17.4. The lowest BCUT2D eigenvalue weighted by atomic mass is 9.90. The van der Waals surface area contributed by atoms with Gasteiger partial charge < -0.3 is 49.0 Å². The maximum atomic E-state index is 15.9. The third kappa shape index (κ3) is 8.15. The van der Waals surface area contributed by atoms with E-state index in [2.05, 4.69) is 30.6 Å². The summed E-state index contributed by atoms with van der Waals surface area (Å²) in [5.41, 5.74) is 1.80. The van der Waals surface area contributed by atoms with E-state index in [-0.39, 0.29) is 51.6 Å². The summed E-state index contributed by atoms with van der Waals surface area (Å²) in [6, 6.07) is 5.42. The molecule has 5 aromatic rings. The fraction of sp³-hybridized carbons (Fsp3) is 0.465. The minimum absolute atomic E-state index is 0.0566. The van der Waals surface area contributed by atoms with E-state index >= 15 is 4.39 Å². The van der Waals surface area contributed by atoms with Crippen LogP contribution in [0.1, 0.15) is 76.1 Å². The molecule has 4 atom stereocenters. The Morgan fingerprint density at radius 1 is 0.803 bits per heavy atom. The number of likely N-dealkylation sites (tertiary alicyclic amines) is 2. The van der Waals surface area contributed by atoms with E-state index < -0.39 is 41.6 Å². The van der Waals surface area contributed by atoms with E-state index in [1.54, 1.807) is 34.2 Å². The van der Waals surface area contributed by atoms with Crippen molar-refractivity contribution in [1.82, 2.24) is 40.4 Å². The summed E-state index contributed by atoms with van der Waals surface area (Å²) < 4.78 is 37.2. The van der Waals surface area contributed by atoms with Crippen LogP contribution in [0.15, 0.2) is 51.9 Å². The van der Waals surface area contributed by atoms with Gasteiger partial charge in [-0.3, -0.25) is 14.4 Å². The number of amides is 4. The molecule has 0 aliphatic carbocycles. The van der Waals surface area contributed by atoms with Crippen molar-refractivity contribution in [2.45, 2.75) is 76.5 Å². The number of halogens is 1. The molecule has 3 saturated heterocycles. The first kappa shape index (κ1) is 41.4. The van der Waals surface area contributed by atoms with E-state index in [0.717, 1.165) is 18.9 Å². The standard InChI is InChI=1S/C43H49FN8O9/c1-22(2)35(49-42(56)58-3)40(54)51-13-5-8-32(51)39-46-21-30(48-39)25-19-34-27(18-28(25)44)37(53)26-17-24(9-10-33(26)61-34)29-20-45-38(47-29)31-7-6-14-52(31)41(55)36(50-43(57)59-4)23-11-15-60-16-12-23/h9-10,17-23,31-32,35-36H,5-8,11-16H2,1-4H3,(H,45,47)(H,46,48)(H,49,56)(H,50,57)/t31-,32-,35-,36-/m0/s1. The molecular formula is C43H49FN8O9. The SMILES string of the molecule is COC(=O)N[C@H](C(=O)N1CCC[C@H]1c1ncc(-c2cc3oc4ccc(-c5cnc([C@@H]6CCCN6C(=O)[C@@H](NC(=O)OC)C6CCOCC6)[nH]5)cc4c(=O)c3cc2F)[nH]1)C(C)C. The zero-order valence-corrected chi connectivity index (χ0v) is 34.4. The number of hydrogen-bond acceptors (Lipinski definition) is 11. The Hall–Kier alpha value is -6.30. The van der Waals surface area contributed by atoms with Crippen molar-refractivity contribution >= 4 is 45.9 Å². The Balaban J connectivity index is 1.02. The average Bonchev–Trinajstić information content (AvgIpc) is 4.12.